The van der Waals surface area contributed by atoms with Crippen molar-refractivity contribution in [3.63, 3.8) is 0 Å². The second-order valence-electron chi connectivity index (χ2n) is 8.50. The summed E-state index contributed by atoms with van der Waals surface area (Å²) in [4.78, 5) is 0. The third-order valence-electron chi connectivity index (χ3n) is 3.96. The normalized spacial score (nSPS) is 13.0. The Morgan fingerprint density at radius 1 is 0.852 bits per heavy atom. The molecule has 0 aliphatic rings. The van der Waals surface area contributed by atoms with Gasteiger partial charge in [0.05, 0.1) is 32.2 Å². The van der Waals surface area contributed by atoms with Gasteiger partial charge in [-0.05, 0) is 34.9 Å². The van der Waals surface area contributed by atoms with Crippen molar-refractivity contribution in [2.45, 2.75) is 46.5 Å². The molecule has 156 valence electrons. The SMILES string of the molecule is CC(C)(C)CC(C)(C)c1ccc(OCCOCCOCCS(=O)(=O)O)cc1. The number of hydrogen-bond acceptors (Lipinski definition) is 5. The summed E-state index contributed by atoms with van der Waals surface area (Å²) in [5.41, 5.74) is 1.67. The van der Waals surface area contributed by atoms with Gasteiger partial charge in [-0.1, -0.05) is 46.8 Å². The molecular formula is C20H34O6S. The highest BCUT2D eigenvalue weighted by Crippen LogP contribution is 2.36. The highest BCUT2D eigenvalue weighted by atomic mass is 32.2. The van der Waals surface area contributed by atoms with Crippen molar-refractivity contribution < 1.29 is 27.2 Å². The molecule has 0 heterocycles. The monoisotopic (exact) mass is 402 g/mol. The van der Waals surface area contributed by atoms with Crippen LogP contribution in [0.3, 0.4) is 0 Å². The minimum Gasteiger partial charge on any atom is -0.491 e. The van der Waals surface area contributed by atoms with E-state index in [0.717, 1.165) is 12.2 Å². The Balaban J connectivity index is 2.23. The molecule has 0 saturated carbocycles. The van der Waals surface area contributed by atoms with Gasteiger partial charge in [0.2, 0.25) is 0 Å². The molecule has 0 radical (unpaired) electrons. The van der Waals surface area contributed by atoms with Crippen molar-refractivity contribution in [1.82, 2.24) is 0 Å². The van der Waals surface area contributed by atoms with Gasteiger partial charge in [0.25, 0.3) is 10.1 Å². The first kappa shape index (κ1) is 23.9. The zero-order valence-corrected chi connectivity index (χ0v) is 18.0. The van der Waals surface area contributed by atoms with Crippen molar-refractivity contribution in [2.24, 2.45) is 5.41 Å². The van der Waals surface area contributed by atoms with Gasteiger partial charge in [0.15, 0.2) is 0 Å². The number of benzene rings is 1. The van der Waals surface area contributed by atoms with Crippen LogP contribution in [0, 0.1) is 5.41 Å². The third-order valence-corrected chi connectivity index (χ3v) is 4.64. The molecule has 1 N–H and O–H groups in total. The van der Waals surface area contributed by atoms with E-state index >= 15 is 0 Å². The Bertz CT molecular complexity index is 644. The molecule has 1 aromatic rings. The van der Waals surface area contributed by atoms with E-state index in [9.17, 15) is 8.42 Å². The highest BCUT2D eigenvalue weighted by Gasteiger charge is 2.27. The quantitative estimate of drug-likeness (QED) is 0.424. The molecule has 0 spiro atoms. The second-order valence-corrected chi connectivity index (χ2v) is 10.1. The molecular weight excluding hydrogens is 368 g/mol. The standard InChI is InChI=1S/C20H34O6S/c1-19(2,3)16-20(4,5)17-6-8-18(9-7-17)26-13-12-24-10-11-25-14-15-27(21,22)23/h6-9H,10-16H2,1-5H3,(H,21,22,23). The number of hydrogen-bond donors (Lipinski definition) is 1. The topological polar surface area (TPSA) is 82.1 Å². The van der Waals surface area contributed by atoms with Crippen LogP contribution in [0.25, 0.3) is 0 Å². The van der Waals surface area contributed by atoms with Gasteiger partial charge in [0.1, 0.15) is 12.4 Å². The Morgan fingerprint density at radius 2 is 1.37 bits per heavy atom. The zero-order valence-electron chi connectivity index (χ0n) is 17.2. The lowest BCUT2D eigenvalue weighted by Gasteiger charge is -2.33. The summed E-state index contributed by atoms with van der Waals surface area (Å²) in [7, 11) is -3.96. The first-order chi connectivity index (χ1) is 12.4. The fourth-order valence-electron chi connectivity index (χ4n) is 3.13. The summed E-state index contributed by atoms with van der Waals surface area (Å²) in [5.74, 6) is 0.400. The van der Waals surface area contributed by atoms with Gasteiger partial charge in [-0.2, -0.15) is 8.42 Å². The van der Waals surface area contributed by atoms with Crippen molar-refractivity contribution in [2.75, 3.05) is 38.8 Å². The molecule has 27 heavy (non-hydrogen) atoms. The lowest BCUT2D eigenvalue weighted by atomic mass is 9.72. The average Bonchev–Trinajstić information content (AvgIpc) is 2.50. The van der Waals surface area contributed by atoms with Gasteiger partial charge in [-0.25, -0.2) is 0 Å². The minimum atomic E-state index is -3.96. The van der Waals surface area contributed by atoms with E-state index in [-0.39, 0.29) is 24.0 Å². The molecule has 0 aliphatic heterocycles. The summed E-state index contributed by atoms with van der Waals surface area (Å²) in [6.45, 7) is 12.7. The van der Waals surface area contributed by atoms with Crippen LogP contribution in [0.15, 0.2) is 24.3 Å². The lowest BCUT2D eigenvalue weighted by Crippen LogP contribution is -2.24. The molecule has 0 amide bonds. The van der Waals surface area contributed by atoms with E-state index in [1.54, 1.807) is 0 Å². The first-order valence-electron chi connectivity index (χ1n) is 9.23. The van der Waals surface area contributed by atoms with E-state index in [0.29, 0.717) is 19.8 Å². The predicted octanol–water partition coefficient (Wildman–Crippen LogP) is 3.70. The maximum atomic E-state index is 10.5. The summed E-state index contributed by atoms with van der Waals surface area (Å²) in [6, 6.07) is 8.20. The Labute approximate surface area is 164 Å². The van der Waals surface area contributed by atoms with Crippen LogP contribution in [0.1, 0.15) is 46.6 Å². The van der Waals surface area contributed by atoms with E-state index in [1.807, 2.05) is 12.1 Å². The summed E-state index contributed by atoms with van der Waals surface area (Å²) < 4.78 is 45.6. The molecule has 6 nitrogen and oxygen atoms in total. The second kappa shape index (κ2) is 10.4. The largest absolute Gasteiger partial charge is 0.491 e. The molecule has 1 aromatic carbocycles. The lowest BCUT2D eigenvalue weighted by molar-refractivity contribution is 0.0407. The Kier molecular flexibility index (Phi) is 9.21. The third kappa shape index (κ3) is 11.3. The van der Waals surface area contributed by atoms with Crippen molar-refractivity contribution in [3.8, 4) is 5.75 Å². The van der Waals surface area contributed by atoms with Crippen molar-refractivity contribution in [1.29, 1.82) is 0 Å². The van der Waals surface area contributed by atoms with Crippen LogP contribution in [-0.4, -0.2) is 51.8 Å². The van der Waals surface area contributed by atoms with E-state index in [4.69, 9.17) is 18.8 Å². The first-order valence-corrected chi connectivity index (χ1v) is 10.8. The minimum absolute atomic E-state index is 0.0450. The van der Waals surface area contributed by atoms with Gasteiger partial charge in [0, 0.05) is 0 Å². The molecule has 0 atom stereocenters. The average molecular weight is 403 g/mol. The van der Waals surface area contributed by atoms with Crippen LogP contribution >= 0.6 is 0 Å². The molecule has 7 heteroatoms. The summed E-state index contributed by atoms with van der Waals surface area (Å²) in [5, 5.41) is 0. The van der Waals surface area contributed by atoms with Crippen molar-refractivity contribution >= 4 is 10.1 Å². The number of rotatable bonds is 12. The summed E-state index contributed by atoms with van der Waals surface area (Å²) in [6.07, 6.45) is 1.10. The van der Waals surface area contributed by atoms with Crippen LogP contribution in [0.5, 0.6) is 5.75 Å². The summed E-state index contributed by atoms with van der Waals surface area (Å²) >= 11 is 0. The molecule has 0 fully saturated rings. The fraction of sp³-hybridized carbons (Fsp3) is 0.700. The van der Waals surface area contributed by atoms with Crippen LogP contribution < -0.4 is 4.74 Å². The molecule has 0 bridgehead atoms. The van der Waals surface area contributed by atoms with Gasteiger partial charge < -0.3 is 14.2 Å². The van der Waals surface area contributed by atoms with E-state index in [1.165, 1.54) is 5.56 Å². The molecule has 0 aliphatic carbocycles. The smallest absolute Gasteiger partial charge is 0.267 e. The van der Waals surface area contributed by atoms with Crippen LogP contribution in [0.2, 0.25) is 0 Å². The van der Waals surface area contributed by atoms with Crippen LogP contribution in [0.4, 0.5) is 0 Å². The maximum Gasteiger partial charge on any atom is 0.267 e. The molecule has 0 aromatic heterocycles. The van der Waals surface area contributed by atoms with E-state index in [2.05, 4.69) is 46.8 Å². The molecule has 1 rings (SSSR count). The molecule has 0 saturated heterocycles. The van der Waals surface area contributed by atoms with Gasteiger partial charge >= 0.3 is 0 Å². The fourth-order valence-corrected chi connectivity index (χ4v) is 3.46. The highest BCUT2D eigenvalue weighted by molar-refractivity contribution is 7.85. The van der Waals surface area contributed by atoms with Gasteiger partial charge in [-0.3, -0.25) is 4.55 Å². The zero-order chi connectivity index (χ0) is 20.6. The van der Waals surface area contributed by atoms with Crippen molar-refractivity contribution in [3.05, 3.63) is 29.8 Å². The maximum absolute atomic E-state index is 10.5. The number of ether oxygens (including phenoxy) is 3. The predicted molar refractivity (Wildman–Crippen MR) is 107 cm³/mol. The van der Waals surface area contributed by atoms with Gasteiger partial charge in [-0.15, -0.1) is 0 Å². The molecule has 0 unspecified atom stereocenters. The van der Waals surface area contributed by atoms with Crippen LogP contribution in [-0.2, 0) is 25.0 Å². The Hall–Kier alpha value is -1.15. The van der Waals surface area contributed by atoms with E-state index < -0.39 is 15.9 Å². The Morgan fingerprint density at radius 3 is 1.89 bits per heavy atom.